The largest absolute Gasteiger partial charge is 0.493 e. The van der Waals surface area contributed by atoms with Crippen LogP contribution in [0.4, 0.5) is 0 Å². The van der Waals surface area contributed by atoms with E-state index in [9.17, 15) is 0 Å². The van der Waals surface area contributed by atoms with Gasteiger partial charge in [0.1, 0.15) is 5.75 Å². The van der Waals surface area contributed by atoms with Crippen molar-refractivity contribution in [2.75, 3.05) is 13.7 Å². The summed E-state index contributed by atoms with van der Waals surface area (Å²) in [5.74, 6) is 1.05. The van der Waals surface area contributed by atoms with Gasteiger partial charge in [-0.25, -0.2) is 0 Å². The quantitative estimate of drug-likeness (QED) is 0.825. The van der Waals surface area contributed by atoms with Crippen LogP contribution >= 0.6 is 0 Å². The molecular weight excluding hydrogens is 198 g/mol. The molecule has 0 aliphatic carbocycles. The molecule has 16 heavy (non-hydrogen) atoms. The molecule has 0 aromatic heterocycles. The lowest BCUT2D eigenvalue weighted by Gasteiger charge is -2.15. The van der Waals surface area contributed by atoms with Gasteiger partial charge in [-0.1, -0.05) is 17.7 Å². The van der Waals surface area contributed by atoms with Crippen molar-refractivity contribution in [2.45, 2.75) is 40.2 Å². The fourth-order valence-corrected chi connectivity index (χ4v) is 1.88. The van der Waals surface area contributed by atoms with Gasteiger partial charge < -0.3 is 10.1 Å². The zero-order valence-electron chi connectivity index (χ0n) is 11.1. The number of rotatable bonds is 5. The predicted octanol–water partition coefficient (Wildman–Crippen LogP) is 2.99. The molecule has 1 atom stereocenters. The standard InChI is InChI=1S/C14H23NO/c1-10-8-11(2)14(12(3)9-10)16-7-6-13(4)15-5/h8-9,13,15H,6-7H2,1-5H3. The molecule has 2 heteroatoms. The van der Waals surface area contributed by atoms with E-state index in [-0.39, 0.29) is 0 Å². The molecule has 0 spiro atoms. The first-order valence-electron chi connectivity index (χ1n) is 5.92. The molecule has 2 nitrogen and oxygen atoms in total. The topological polar surface area (TPSA) is 21.3 Å². The van der Waals surface area contributed by atoms with Crippen LogP contribution in [-0.2, 0) is 0 Å². The van der Waals surface area contributed by atoms with E-state index in [2.05, 4.69) is 45.1 Å². The SMILES string of the molecule is CNC(C)CCOc1c(C)cc(C)cc1C. The highest BCUT2D eigenvalue weighted by Crippen LogP contribution is 2.24. The summed E-state index contributed by atoms with van der Waals surface area (Å²) < 4.78 is 5.86. The normalized spacial score (nSPS) is 12.6. The van der Waals surface area contributed by atoms with E-state index in [1.807, 2.05) is 7.05 Å². The van der Waals surface area contributed by atoms with Gasteiger partial charge in [0.05, 0.1) is 6.61 Å². The Kier molecular flexibility index (Phi) is 4.81. The molecule has 1 aromatic carbocycles. The van der Waals surface area contributed by atoms with E-state index in [1.165, 1.54) is 16.7 Å². The minimum Gasteiger partial charge on any atom is -0.493 e. The van der Waals surface area contributed by atoms with Crippen molar-refractivity contribution in [1.82, 2.24) is 5.32 Å². The third kappa shape index (κ3) is 3.53. The first kappa shape index (κ1) is 13.0. The number of nitrogens with one attached hydrogen (secondary N) is 1. The molecule has 90 valence electrons. The third-order valence-electron chi connectivity index (χ3n) is 2.89. The van der Waals surface area contributed by atoms with E-state index in [1.54, 1.807) is 0 Å². The molecule has 1 rings (SSSR count). The molecule has 0 aliphatic heterocycles. The first-order chi connectivity index (χ1) is 7.54. The maximum atomic E-state index is 5.86. The molecular formula is C14H23NO. The van der Waals surface area contributed by atoms with E-state index in [0.29, 0.717) is 6.04 Å². The number of hydrogen-bond acceptors (Lipinski definition) is 2. The zero-order valence-corrected chi connectivity index (χ0v) is 11.1. The number of hydrogen-bond donors (Lipinski definition) is 1. The van der Waals surface area contributed by atoms with Crippen LogP contribution in [0.15, 0.2) is 12.1 Å². The van der Waals surface area contributed by atoms with Crippen LogP contribution in [-0.4, -0.2) is 19.7 Å². The number of benzene rings is 1. The summed E-state index contributed by atoms with van der Waals surface area (Å²) in [7, 11) is 1.98. The Morgan fingerprint density at radius 2 is 1.75 bits per heavy atom. The predicted molar refractivity (Wildman–Crippen MR) is 69.3 cm³/mol. The average molecular weight is 221 g/mol. The molecule has 0 fully saturated rings. The van der Waals surface area contributed by atoms with Gasteiger partial charge in [0, 0.05) is 6.04 Å². The minimum absolute atomic E-state index is 0.506. The fraction of sp³-hybridized carbons (Fsp3) is 0.571. The van der Waals surface area contributed by atoms with Crippen molar-refractivity contribution in [3.63, 3.8) is 0 Å². The van der Waals surface area contributed by atoms with Crippen LogP contribution in [0.2, 0.25) is 0 Å². The molecule has 1 N–H and O–H groups in total. The number of ether oxygens (including phenoxy) is 1. The van der Waals surface area contributed by atoms with Gasteiger partial charge in [-0.15, -0.1) is 0 Å². The van der Waals surface area contributed by atoms with Gasteiger partial charge >= 0.3 is 0 Å². The molecule has 0 amide bonds. The summed E-state index contributed by atoms with van der Waals surface area (Å²) in [6.45, 7) is 9.27. The lowest BCUT2D eigenvalue weighted by Crippen LogP contribution is -2.23. The highest BCUT2D eigenvalue weighted by Gasteiger charge is 2.05. The van der Waals surface area contributed by atoms with Gasteiger partial charge in [-0.3, -0.25) is 0 Å². The van der Waals surface area contributed by atoms with Crippen molar-refractivity contribution in [2.24, 2.45) is 0 Å². The van der Waals surface area contributed by atoms with E-state index in [4.69, 9.17) is 4.74 Å². The van der Waals surface area contributed by atoms with Crippen LogP contribution in [0.3, 0.4) is 0 Å². The Morgan fingerprint density at radius 1 is 1.19 bits per heavy atom. The van der Waals surface area contributed by atoms with Crippen LogP contribution in [0.5, 0.6) is 5.75 Å². The fourth-order valence-electron chi connectivity index (χ4n) is 1.88. The van der Waals surface area contributed by atoms with Gasteiger partial charge in [0.15, 0.2) is 0 Å². The van der Waals surface area contributed by atoms with E-state index in [0.717, 1.165) is 18.8 Å². The Bertz CT molecular complexity index is 324. The molecule has 0 aliphatic rings. The molecule has 1 unspecified atom stereocenters. The summed E-state index contributed by atoms with van der Waals surface area (Å²) in [6.07, 6.45) is 1.03. The van der Waals surface area contributed by atoms with Gasteiger partial charge in [-0.2, -0.15) is 0 Å². The Hall–Kier alpha value is -1.02. The second-order valence-electron chi connectivity index (χ2n) is 4.55. The van der Waals surface area contributed by atoms with Crippen LogP contribution in [0.25, 0.3) is 0 Å². The van der Waals surface area contributed by atoms with Crippen molar-refractivity contribution >= 4 is 0 Å². The molecule has 0 radical (unpaired) electrons. The maximum absolute atomic E-state index is 5.86. The smallest absolute Gasteiger partial charge is 0.125 e. The first-order valence-corrected chi connectivity index (χ1v) is 5.92. The average Bonchev–Trinajstić information content (AvgIpc) is 2.21. The van der Waals surface area contributed by atoms with Gasteiger partial charge in [0.2, 0.25) is 0 Å². The van der Waals surface area contributed by atoms with Crippen molar-refractivity contribution in [1.29, 1.82) is 0 Å². The zero-order chi connectivity index (χ0) is 12.1. The van der Waals surface area contributed by atoms with Crippen molar-refractivity contribution < 1.29 is 4.74 Å². The highest BCUT2D eigenvalue weighted by molar-refractivity contribution is 5.42. The second-order valence-corrected chi connectivity index (χ2v) is 4.55. The molecule has 0 heterocycles. The summed E-state index contributed by atoms with van der Waals surface area (Å²) >= 11 is 0. The molecule has 0 saturated carbocycles. The Labute approximate surface area is 99.0 Å². The third-order valence-corrected chi connectivity index (χ3v) is 2.89. The van der Waals surface area contributed by atoms with Crippen molar-refractivity contribution in [3.05, 3.63) is 28.8 Å². The summed E-state index contributed by atoms with van der Waals surface area (Å²) in [4.78, 5) is 0. The summed E-state index contributed by atoms with van der Waals surface area (Å²) in [6, 6.07) is 4.85. The summed E-state index contributed by atoms with van der Waals surface area (Å²) in [5.41, 5.74) is 3.76. The Morgan fingerprint density at radius 3 is 2.25 bits per heavy atom. The van der Waals surface area contributed by atoms with Crippen LogP contribution < -0.4 is 10.1 Å². The highest BCUT2D eigenvalue weighted by atomic mass is 16.5. The second kappa shape index (κ2) is 5.90. The Balaban J connectivity index is 2.60. The van der Waals surface area contributed by atoms with Crippen LogP contribution in [0.1, 0.15) is 30.0 Å². The molecule has 0 saturated heterocycles. The van der Waals surface area contributed by atoms with Crippen molar-refractivity contribution in [3.8, 4) is 5.75 Å². The lowest BCUT2D eigenvalue weighted by atomic mass is 10.1. The van der Waals surface area contributed by atoms with E-state index < -0.39 is 0 Å². The lowest BCUT2D eigenvalue weighted by molar-refractivity contribution is 0.290. The maximum Gasteiger partial charge on any atom is 0.125 e. The minimum atomic E-state index is 0.506. The monoisotopic (exact) mass is 221 g/mol. The van der Waals surface area contributed by atoms with Crippen LogP contribution in [0, 0.1) is 20.8 Å². The molecule has 1 aromatic rings. The molecule has 0 bridgehead atoms. The van der Waals surface area contributed by atoms with Gasteiger partial charge in [0.25, 0.3) is 0 Å². The van der Waals surface area contributed by atoms with Gasteiger partial charge in [-0.05, 0) is 52.3 Å². The van der Waals surface area contributed by atoms with E-state index >= 15 is 0 Å². The summed E-state index contributed by atoms with van der Waals surface area (Å²) in [5, 5.41) is 3.21. The number of aryl methyl sites for hydroxylation is 3.